The van der Waals surface area contributed by atoms with Crippen molar-refractivity contribution in [2.24, 2.45) is 0 Å². The van der Waals surface area contributed by atoms with Crippen LogP contribution < -0.4 is 4.90 Å². The summed E-state index contributed by atoms with van der Waals surface area (Å²) in [4.78, 5) is 4.81. The molecule has 29 heavy (non-hydrogen) atoms. The molecule has 4 rings (SSSR count). The Bertz CT molecular complexity index is 963. The first-order valence-electron chi connectivity index (χ1n) is 9.99. The molecule has 3 aromatic rings. The van der Waals surface area contributed by atoms with E-state index in [2.05, 4.69) is 39.2 Å². The number of hydrogen-bond donors (Lipinski definition) is 0. The van der Waals surface area contributed by atoms with Gasteiger partial charge in [0.1, 0.15) is 5.69 Å². The number of anilines is 1. The summed E-state index contributed by atoms with van der Waals surface area (Å²) in [6, 6.07) is 14.1. The average molecular weight is 430 g/mol. The highest BCUT2D eigenvalue weighted by molar-refractivity contribution is 6.43. The number of rotatable bonds is 6. The van der Waals surface area contributed by atoms with Crippen LogP contribution in [0.15, 0.2) is 48.7 Å². The lowest BCUT2D eigenvalue weighted by Crippen LogP contribution is -2.46. The van der Waals surface area contributed by atoms with Crippen LogP contribution >= 0.6 is 23.2 Å². The molecule has 2 aromatic carbocycles. The zero-order valence-corrected chi connectivity index (χ0v) is 18.1. The van der Waals surface area contributed by atoms with E-state index in [4.69, 9.17) is 23.2 Å². The molecule has 0 spiro atoms. The Balaban J connectivity index is 1.25. The highest BCUT2D eigenvalue weighted by Gasteiger charge is 2.19. The summed E-state index contributed by atoms with van der Waals surface area (Å²) in [6.07, 6.45) is 3.09. The van der Waals surface area contributed by atoms with E-state index >= 15 is 0 Å². The number of nitrogens with zero attached hydrogens (tertiary/aromatic N) is 5. The number of aromatic nitrogens is 3. The number of halogens is 2. The Hall–Kier alpha value is -2.08. The molecule has 1 aliphatic rings. The first-order valence-corrected chi connectivity index (χ1v) is 10.7. The number of hydrogen-bond acceptors (Lipinski definition) is 4. The van der Waals surface area contributed by atoms with Crippen molar-refractivity contribution >= 4 is 28.9 Å². The van der Waals surface area contributed by atoms with E-state index in [1.807, 2.05) is 41.2 Å². The minimum Gasteiger partial charge on any atom is -0.368 e. The number of benzene rings is 2. The molecule has 152 valence electrons. The lowest BCUT2D eigenvalue weighted by molar-refractivity contribution is 0.249. The van der Waals surface area contributed by atoms with Gasteiger partial charge in [0.05, 0.1) is 21.9 Å². The summed E-state index contributed by atoms with van der Waals surface area (Å²) in [5, 5.41) is 9.91. The van der Waals surface area contributed by atoms with Crippen LogP contribution in [0.4, 0.5) is 5.69 Å². The number of piperazine rings is 1. The Kier molecular flexibility index (Phi) is 6.38. The molecule has 0 N–H and O–H groups in total. The largest absolute Gasteiger partial charge is 0.368 e. The molecule has 0 atom stereocenters. The summed E-state index contributed by atoms with van der Waals surface area (Å²) in [6.45, 7) is 7.99. The van der Waals surface area contributed by atoms with Crippen molar-refractivity contribution in [3.8, 4) is 11.3 Å². The van der Waals surface area contributed by atoms with Gasteiger partial charge in [-0.3, -0.25) is 9.58 Å². The van der Waals surface area contributed by atoms with Crippen molar-refractivity contribution in [1.82, 2.24) is 19.9 Å². The van der Waals surface area contributed by atoms with Crippen LogP contribution in [0, 0.1) is 6.92 Å². The predicted molar refractivity (Wildman–Crippen MR) is 120 cm³/mol. The first-order chi connectivity index (χ1) is 14.1. The van der Waals surface area contributed by atoms with Gasteiger partial charge in [-0.1, -0.05) is 58.7 Å². The Morgan fingerprint density at radius 2 is 1.72 bits per heavy atom. The van der Waals surface area contributed by atoms with E-state index in [9.17, 15) is 0 Å². The Morgan fingerprint density at radius 1 is 0.931 bits per heavy atom. The second kappa shape index (κ2) is 9.16. The van der Waals surface area contributed by atoms with Gasteiger partial charge in [0.25, 0.3) is 0 Å². The summed E-state index contributed by atoms with van der Waals surface area (Å²) in [5.74, 6) is 0. The quantitative estimate of drug-likeness (QED) is 0.565. The van der Waals surface area contributed by atoms with E-state index in [1.54, 1.807) is 0 Å². The summed E-state index contributed by atoms with van der Waals surface area (Å²) < 4.78 is 1.95. The minimum absolute atomic E-state index is 0.615. The second-order valence-electron chi connectivity index (χ2n) is 7.44. The van der Waals surface area contributed by atoms with Gasteiger partial charge in [-0.2, -0.15) is 0 Å². The van der Waals surface area contributed by atoms with Gasteiger partial charge in [0, 0.05) is 44.8 Å². The summed E-state index contributed by atoms with van der Waals surface area (Å²) >= 11 is 12.5. The standard InChI is InChI=1S/C22H25Cl2N5/c1-17-6-2-3-7-18(17)20-16-29(26-25-20)11-5-10-27-12-14-28(15-13-27)21-9-4-8-19(23)22(21)24/h2-4,6-9,16H,5,10-15H2,1H3. The SMILES string of the molecule is Cc1ccccc1-c1cn(CCCN2CCN(c3cccc(Cl)c3Cl)CC2)nn1. The minimum atomic E-state index is 0.615. The van der Waals surface area contributed by atoms with Crippen LogP contribution in [0.5, 0.6) is 0 Å². The lowest BCUT2D eigenvalue weighted by atomic mass is 10.1. The predicted octanol–water partition coefficient (Wildman–Crippen LogP) is 4.77. The van der Waals surface area contributed by atoms with Gasteiger partial charge < -0.3 is 4.90 Å². The van der Waals surface area contributed by atoms with Gasteiger partial charge >= 0.3 is 0 Å². The molecule has 1 aromatic heterocycles. The van der Waals surface area contributed by atoms with Gasteiger partial charge in [0.15, 0.2) is 0 Å². The molecule has 5 nitrogen and oxygen atoms in total. The van der Waals surface area contributed by atoms with Gasteiger partial charge in [0.2, 0.25) is 0 Å². The van der Waals surface area contributed by atoms with E-state index in [-0.39, 0.29) is 0 Å². The molecule has 1 aliphatic heterocycles. The molecule has 7 heteroatoms. The fourth-order valence-electron chi connectivity index (χ4n) is 3.80. The molecule has 0 saturated carbocycles. The maximum absolute atomic E-state index is 6.37. The second-order valence-corrected chi connectivity index (χ2v) is 8.22. The van der Waals surface area contributed by atoms with Crippen LogP contribution in [0.2, 0.25) is 10.0 Å². The average Bonchev–Trinajstić information content (AvgIpc) is 3.20. The molecule has 1 saturated heterocycles. The third-order valence-electron chi connectivity index (χ3n) is 5.47. The molecular formula is C22H25Cl2N5. The molecule has 0 aliphatic carbocycles. The topological polar surface area (TPSA) is 37.2 Å². The van der Waals surface area contributed by atoms with Crippen LogP contribution in [0.25, 0.3) is 11.3 Å². The molecule has 0 bridgehead atoms. The van der Waals surface area contributed by atoms with Gasteiger partial charge in [-0.25, -0.2) is 0 Å². The van der Waals surface area contributed by atoms with Crippen LogP contribution in [-0.2, 0) is 6.54 Å². The van der Waals surface area contributed by atoms with E-state index in [0.717, 1.165) is 62.6 Å². The van der Waals surface area contributed by atoms with Gasteiger partial charge in [-0.15, -0.1) is 5.10 Å². The molecular weight excluding hydrogens is 405 g/mol. The highest BCUT2D eigenvalue weighted by atomic mass is 35.5. The Labute approximate surface area is 181 Å². The first kappa shape index (κ1) is 20.2. The molecule has 2 heterocycles. The van der Waals surface area contributed by atoms with E-state index in [1.165, 1.54) is 5.56 Å². The van der Waals surface area contributed by atoms with Gasteiger partial charge in [-0.05, 0) is 31.0 Å². The third-order valence-corrected chi connectivity index (χ3v) is 6.27. The summed E-state index contributed by atoms with van der Waals surface area (Å²) in [5.41, 5.74) is 4.34. The normalized spacial score (nSPS) is 15.1. The Morgan fingerprint density at radius 3 is 2.52 bits per heavy atom. The summed E-state index contributed by atoms with van der Waals surface area (Å²) in [7, 11) is 0. The van der Waals surface area contributed by atoms with Crippen molar-refractivity contribution in [3.63, 3.8) is 0 Å². The monoisotopic (exact) mass is 429 g/mol. The van der Waals surface area contributed by atoms with Crippen molar-refractivity contribution in [3.05, 3.63) is 64.3 Å². The fraction of sp³-hybridized carbons (Fsp3) is 0.364. The fourth-order valence-corrected chi connectivity index (χ4v) is 4.21. The highest BCUT2D eigenvalue weighted by Crippen LogP contribution is 2.32. The maximum atomic E-state index is 6.37. The van der Waals surface area contributed by atoms with Crippen molar-refractivity contribution in [1.29, 1.82) is 0 Å². The van der Waals surface area contributed by atoms with E-state index in [0.29, 0.717) is 10.0 Å². The lowest BCUT2D eigenvalue weighted by Gasteiger charge is -2.36. The van der Waals surface area contributed by atoms with Crippen LogP contribution in [0.3, 0.4) is 0 Å². The third kappa shape index (κ3) is 4.74. The molecule has 1 fully saturated rings. The maximum Gasteiger partial charge on any atom is 0.113 e. The zero-order valence-electron chi connectivity index (χ0n) is 16.6. The zero-order chi connectivity index (χ0) is 20.2. The molecule has 0 unspecified atom stereocenters. The van der Waals surface area contributed by atoms with Crippen LogP contribution in [-0.4, -0.2) is 52.6 Å². The molecule has 0 radical (unpaired) electrons. The van der Waals surface area contributed by atoms with Crippen molar-refractivity contribution in [2.75, 3.05) is 37.6 Å². The van der Waals surface area contributed by atoms with Crippen molar-refractivity contribution in [2.45, 2.75) is 19.9 Å². The number of aryl methyl sites for hydroxylation is 2. The smallest absolute Gasteiger partial charge is 0.113 e. The van der Waals surface area contributed by atoms with Crippen LogP contribution in [0.1, 0.15) is 12.0 Å². The van der Waals surface area contributed by atoms with E-state index < -0.39 is 0 Å². The molecule has 0 amide bonds. The van der Waals surface area contributed by atoms with Crippen molar-refractivity contribution < 1.29 is 0 Å².